The Morgan fingerprint density at radius 3 is 2.59 bits per heavy atom. The van der Waals surface area contributed by atoms with E-state index in [2.05, 4.69) is 44.8 Å². The van der Waals surface area contributed by atoms with E-state index in [1.165, 1.54) is 38.6 Å². The van der Waals surface area contributed by atoms with E-state index < -0.39 is 0 Å². The smallest absolute Gasteiger partial charge is 0.0278 e. The molecule has 1 fully saturated rings. The molecule has 3 unspecified atom stereocenters. The Morgan fingerprint density at radius 2 is 2.06 bits per heavy atom. The Bertz CT molecular complexity index is 217. The van der Waals surface area contributed by atoms with Gasteiger partial charge >= 0.3 is 0 Å². The molecule has 0 aromatic rings. The van der Waals surface area contributed by atoms with Crippen molar-refractivity contribution in [2.75, 3.05) is 13.1 Å². The maximum Gasteiger partial charge on any atom is 0.0278 e. The first kappa shape index (κ1) is 15.0. The van der Waals surface area contributed by atoms with Crippen molar-refractivity contribution in [2.45, 2.75) is 84.3 Å². The van der Waals surface area contributed by atoms with Gasteiger partial charge in [-0.15, -0.1) is 0 Å². The fourth-order valence-electron chi connectivity index (χ4n) is 2.87. The average Bonchev–Trinajstić information content (AvgIpc) is 2.36. The van der Waals surface area contributed by atoms with Crippen LogP contribution in [-0.4, -0.2) is 35.6 Å². The van der Waals surface area contributed by atoms with E-state index >= 15 is 0 Å². The molecule has 3 atom stereocenters. The number of rotatable bonds is 6. The van der Waals surface area contributed by atoms with Gasteiger partial charge in [-0.1, -0.05) is 33.6 Å². The molecule has 2 heteroatoms. The molecule has 102 valence electrons. The second-order valence-corrected chi connectivity index (χ2v) is 6.02. The van der Waals surface area contributed by atoms with Crippen LogP contribution < -0.4 is 5.32 Å². The summed E-state index contributed by atoms with van der Waals surface area (Å²) in [5, 5.41) is 3.75. The number of nitrogens with one attached hydrogen (secondary N) is 1. The van der Waals surface area contributed by atoms with Gasteiger partial charge < -0.3 is 5.32 Å². The topological polar surface area (TPSA) is 15.3 Å². The normalized spacial score (nSPS) is 32.6. The van der Waals surface area contributed by atoms with Gasteiger partial charge in [0.15, 0.2) is 0 Å². The van der Waals surface area contributed by atoms with Crippen molar-refractivity contribution in [3.8, 4) is 0 Å². The first-order chi connectivity index (χ1) is 8.06. The molecule has 1 aliphatic rings. The zero-order chi connectivity index (χ0) is 12.9. The Labute approximate surface area is 108 Å². The van der Waals surface area contributed by atoms with Gasteiger partial charge in [0.05, 0.1) is 0 Å². The molecule has 1 N–H and O–H groups in total. The van der Waals surface area contributed by atoms with Crippen LogP contribution in [0.25, 0.3) is 0 Å². The minimum absolute atomic E-state index is 0.326. The molecule has 0 spiro atoms. The van der Waals surface area contributed by atoms with Gasteiger partial charge in [-0.25, -0.2) is 0 Å². The first-order valence-corrected chi connectivity index (χ1v) is 7.57. The summed E-state index contributed by atoms with van der Waals surface area (Å²) in [4.78, 5) is 2.76. The molecular weight excluding hydrogens is 208 g/mol. The van der Waals surface area contributed by atoms with Crippen LogP contribution in [0.3, 0.4) is 0 Å². The molecule has 0 amide bonds. The number of hydrogen-bond acceptors (Lipinski definition) is 2. The summed E-state index contributed by atoms with van der Waals surface area (Å²) in [7, 11) is 0. The van der Waals surface area contributed by atoms with E-state index in [4.69, 9.17) is 0 Å². The van der Waals surface area contributed by atoms with Gasteiger partial charge in [0.1, 0.15) is 0 Å². The molecule has 0 aromatic heterocycles. The number of hydrogen-bond donors (Lipinski definition) is 1. The van der Waals surface area contributed by atoms with Crippen LogP contribution in [-0.2, 0) is 0 Å². The molecule has 1 rings (SSSR count). The molecule has 0 saturated carbocycles. The lowest BCUT2D eigenvalue weighted by molar-refractivity contribution is 0.0460. The van der Waals surface area contributed by atoms with E-state index in [0.717, 1.165) is 18.6 Å². The van der Waals surface area contributed by atoms with E-state index in [0.29, 0.717) is 5.54 Å². The van der Waals surface area contributed by atoms with Crippen LogP contribution in [0, 0.1) is 0 Å². The summed E-state index contributed by atoms with van der Waals surface area (Å²) in [6, 6.07) is 1.48. The van der Waals surface area contributed by atoms with Crippen LogP contribution in [0.2, 0.25) is 0 Å². The molecule has 1 heterocycles. The highest BCUT2D eigenvalue weighted by molar-refractivity contribution is 4.95. The fourth-order valence-corrected chi connectivity index (χ4v) is 2.87. The van der Waals surface area contributed by atoms with Crippen molar-refractivity contribution in [2.24, 2.45) is 0 Å². The van der Waals surface area contributed by atoms with Crippen LogP contribution in [0.4, 0.5) is 0 Å². The van der Waals surface area contributed by atoms with Gasteiger partial charge in [0.25, 0.3) is 0 Å². The fraction of sp³-hybridized carbons (Fsp3) is 1.00. The summed E-state index contributed by atoms with van der Waals surface area (Å²) < 4.78 is 0. The summed E-state index contributed by atoms with van der Waals surface area (Å²) in [5.41, 5.74) is 0.326. The van der Waals surface area contributed by atoms with Crippen molar-refractivity contribution >= 4 is 0 Å². The second kappa shape index (κ2) is 6.75. The third-order valence-corrected chi connectivity index (χ3v) is 4.56. The van der Waals surface area contributed by atoms with Gasteiger partial charge in [-0.2, -0.15) is 0 Å². The Balaban J connectivity index is 2.62. The third kappa shape index (κ3) is 3.96. The molecule has 1 aliphatic heterocycles. The summed E-state index contributed by atoms with van der Waals surface area (Å²) in [6.07, 6.45) is 6.53. The zero-order valence-corrected chi connectivity index (χ0v) is 12.6. The maximum absolute atomic E-state index is 3.75. The molecule has 0 aromatic carbocycles. The van der Waals surface area contributed by atoms with Crippen molar-refractivity contribution in [3.63, 3.8) is 0 Å². The molecule has 1 saturated heterocycles. The first-order valence-electron chi connectivity index (χ1n) is 7.57. The van der Waals surface area contributed by atoms with Gasteiger partial charge in [-0.3, -0.25) is 4.90 Å². The third-order valence-electron chi connectivity index (χ3n) is 4.56. The quantitative estimate of drug-likeness (QED) is 0.765. The van der Waals surface area contributed by atoms with E-state index in [-0.39, 0.29) is 0 Å². The van der Waals surface area contributed by atoms with E-state index in [9.17, 15) is 0 Å². The highest BCUT2D eigenvalue weighted by Gasteiger charge is 2.35. The SMILES string of the molecule is CCCCC(C)N1CC(C)(CC)NCC1CC. The monoisotopic (exact) mass is 240 g/mol. The highest BCUT2D eigenvalue weighted by Crippen LogP contribution is 2.24. The molecule has 0 bridgehead atoms. The molecule has 17 heavy (non-hydrogen) atoms. The number of unbranched alkanes of at least 4 members (excludes halogenated alkanes) is 1. The van der Waals surface area contributed by atoms with Crippen LogP contribution in [0.5, 0.6) is 0 Å². The van der Waals surface area contributed by atoms with Gasteiger partial charge in [0.2, 0.25) is 0 Å². The van der Waals surface area contributed by atoms with Crippen LogP contribution >= 0.6 is 0 Å². The van der Waals surface area contributed by atoms with Crippen molar-refractivity contribution in [3.05, 3.63) is 0 Å². The minimum atomic E-state index is 0.326. The van der Waals surface area contributed by atoms with Crippen molar-refractivity contribution in [1.29, 1.82) is 0 Å². The standard InChI is InChI=1S/C15H32N2/c1-6-9-10-13(4)17-12-15(5,8-3)16-11-14(17)7-2/h13-14,16H,6-12H2,1-5H3. The summed E-state index contributed by atoms with van der Waals surface area (Å²) in [6.45, 7) is 14.1. The molecule has 0 radical (unpaired) electrons. The van der Waals surface area contributed by atoms with Crippen LogP contribution in [0.1, 0.15) is 66.7 Å². The molecule has 0 aliphatic carbocycles. The lowest BCUT2D eigenvalue weighted by Crippen LogP contribution is -2.64. The van der Waals surface area contributed by atoms with E-state index in [1.807, 2.05) is 0 Å². The average molecular weight is 240 g/mol. The van der Waals surface area contributed by atoms with E-state index in [1.54, 1.807) is 0 Å². The zero-order valence-electron chi connectivity index (χ0n) is 12.6. The van der Waals surface area contributed by atoms with Gasteiger partial charge in [0, 0.05) is 30.7 Å². The summed E-state index contributed by atoms with van der Waals surface area (Å²) >= 11 is 0. The maximum atomic E-state index is 3.75. The lowest BCUT2D eigenvalue weighted by Gasteiger charge is -2.48. The minimum Gasteiger partial charge on any atom is -0.309 e. The van der Waals surface area contributed by atoms with Crippen LogP contribution in [0.15, 0.2) is 0 Å². The Kier molecular flexibility index (Phi) is 5.94. The predicted octanol–water partition coefficient (Wildman–Crippen LogP) is 3.42. The second-order valence-electron chi connectivity index (χ2n) is 6.02. The number of piperazine rings is 1. The summed E-state index contributed by atoms with van der Waals surface area (Å²) in [5.74, 6) is 0. The largest absolute Gasteiger partial charge is 0.309 e. The Morgan fingerprint density at radius 1 is 1.35 bits per heavy atom. The molecule has 2 nitrogen and oxygen atoms in total. The Hall–Kier alpha value is -0.0800. The number of nitrogens with zero attached hydrogens (tertiary/aromatic N) is 1. The molecular formula is C15H32N2. The van der Waals surface area contributed by atoms with Crippen molar-refractivity contribution in [1.82, 2.24) is 10.2 Å². The highest BCUT2D eigenvalue weighted by atomic mass is 15.3. The van der Waals surface area contributed by atoms with Gasteiger partial charge in [-0.05, 0) is 33.1 Å². The lowest BCUT2D eigenvalue weighted by atomic mass is 9.91. The predicted molar refractivity (Wildman–Crippen MR) is 76.5 cm³/mol. The van der Waals surface area contributed by atoms with Crippen molar-refractivity contribution < 1.29 is 0 Å².